The fourth-order valence-corrected chi connectivity index (χ4v) is 3.27. The van der Waals surface area contributed by atoms with Gasteiger partial charge in [0.2, 0.25) is 11.0 Å². The lowest BCUT2D eigenvalue weighted by Gasteiger charge is -2.26. The van der Waals surface area contributed by atoms with Crippen LogP contribution >= 0.6 is 11.3 Å². The van der Waals surface area contributed by atoms with Crippen LogP contribution in [0.15, 0.2) is 0 Å². The summed E-state index contributed by atoms with van der Waals surface area (Å²) in [7, 11) is 0. The molecule has 1 amide bonds. The van der Waals surface area contributed by atoms with Crippen LogP contribution in [0.3, 0.4) is 0 Å². The molecule has 1 aromatic rings. The molecule has 0 aliphatic carbocycles. The van der Waals surface area contributed by atoms with Crippen molar-refractivity contribution in [2.75, 3.05) is 11.9 Å². The summed E-state index contributed by atoms with van der Waals surface area (Å²) in [6.07, 6.45) is 2.70. The number of nitrogens with zero attached hydrogens (tertiary/aromatic N) is 2. The van der Waals surface area contributed by atoms with E-state index in [0.29, 0.717) is 17.1 Å². The summed E-state index contributed by atoms with van der Waals surface area (Å²) in [5.74, 6) is 0.732. The first kappa shape index (κ1) is 14.4. The van der Waals surface area contributed by atoms with Gasteiger partial charge >= 0.3 is 0 Å². The number of anilines is 1. The molecule has 5 nitrogen and oxygen atoms in total. The van der Waals surface area contributed by atoms with E-state index in [-0.39, 0.29) is 11.8 Å². The Kier molecular flexibility index (Phi) is 4.87. The highest BCUT2D eigenvalue weighted by Crippen LogP contribution is 2.22. The van der Waals surface area contributed by atoms with Crippen LogP contribution in [0, 0.1) is 11.8 Å². The Bertz CT molecular complexity index is 432. The van der Waals surface area contributed by atoms with E-state index in [9.17, 15) is 4.79 Å². The molecular formula is C13H22N4OS. The largest absolute Gasteiger partial charge is 0.314 e. The van der Waals surface area contributed by atoms with E-state index >= 15 is 0 Å². The molecule has 0 aromatic carbocycles. The molecule has 106 valence electrons. The van der Waals surface area contributed by atoms with Crippen molar-refractivity contribution < 1.29 is 4.79 Å². The van der Waals surface area contributed by atoms with E-state index < -0.39 is 0 Å². The minimum absolute atomic E-state index is 0.0839. The van der Waals surface area contributed by atoms with Crippen molar-refractivity contribution in [2.45, 2.75) is 46.1 Å². The van der Waals surface area contributed by atoms with Gasteiger partial charge < -0.3 is 10.6 Å². The first-order chi connectivity index (χ1) is 9.04. The van der Waals surface area contributed by atoms with Crippen LogP contribution in [0.5, 0.6) is 0 Å². The van der Waals surface area contributed by atoms with Gasteiger partial charge in [-0.3, -0.25) is 4.79 Å². The highest BCUT2D eigenvalue weighted by Gasteiger charge is 2.25. The number of aromatic nitrogens is 2. The van der Waals surface area contributed by atoms with Crippen LogP contribution in [0.2, 0.25) is 0 Å². The smallest absolute Gasteiger partial charge is 0.229 e. The van der Waals surface area contributed by atoms with Crippen LogP contribution in [-0.4, -0.2) is 28.7 Å². The number of amides is 1. The minimum atomic E-state index is 0.0839. The van der Waals surface area contributed by atoms with Gasteiger partial charge in [-0.05, 0) is 32.2 Å². The molecule has 19 heavy (non-hydrogen) atoms. The van der Waals surface area contributed by atoms with Gasteiger partial charge in [-0.15, -0.1) is 10.2 Å². The second-order valence-electron chi connectivity index (χ2n) is 5.66. The number of hydrogen-bond acceptors (Lipinski definition) is 5. The van der Waals surface area contributed by atoms with E-state index in [1.807, 2.05) is 0 Å². The SMILES string of the molecule is CC(C)Cc1nnc(NC(=O)C2CCNC(C)C2)s1. The molecule has 0 saturated carbocycles. The lowest BCUT2D eigenvalue weighted by molar-refractivity contribution is -0.120. The maximum absolute atomic E-state index is 12.1. The molecule has 2 N–H and O–H groups in total. The molecule has 1 fully saturated rings. The fraction of sp³-hybridized carbons (Fsp3) is 0.769. The Hall–Kier alpha value is -1.01. The lowest BCUT2D eigenvalue weighted by atomic mass is 9.93. The molecule has 0 radical (unpaired) electrons. The molecule has 0 bridgehead atoms. The average Bonchev–Trinajstić information content (AvgIpc) is 2.75. The summed E-state index contributed by atoms with van der Waals surface area (Å²) in [6.45, 7) is 7.32. The van der Waals surface area contributed by atoms with E-state index in [2.05, 4.69) is 41.6 Å². The molecule has 2 rings (SSSR count). The van der Waals surface area contributed by atoms with Crippen molar-refractivity contribution in [3.05, 3.63) is 5.01 Å². The summed E-state index contributed by atoms with van der Waals surface area (Å²) in [5, 5.41) is 16.0. The van der Waals surface area contributed by atoms with E-state index in [4.69, 9.17) is 0 Å². The Morgan fingerprint density at radius 1 is 1.53 bits per heavy atom. The van der Waals surface area contributed by atoms with Gasteiger partial charge in [0.1, 0.15) is 5.01 Å². The molecule has 2 atom stereocenters. The second-order valence-corrected chi connectivity index (χ2v) is 6.73. The summed E-state index contributed by atoms with van der Waals surface area (Å²) >= 11 is 1.48. The predicted octanol–water partition coefficient (Wildman–Crippen LogP) is 2.06. The van der Waals surface area contributed by atoms with E-state index in [1.54, 1.807) is 0 Å². The first-order valence-electron chi connectivity index (χ1n) is 6.91. The van der Waals surface area contributed by atoms with Crippen LogP contribution < -0.4 is 10.6 Å². The summed E-state index contributed by atoms with van der Waals surface area (Å²) in [5.41, 5.74) is 0. The zero-order valence-electron chi connectivity index (χ0n) is 11.8. The number of carbonyl (C=O) groups is 1. The number of carbonyl (C=O) groups excluding carboxylic acids is 1. The quantitative estimate of drug-likeness (QED) is 0.887. The molecule has 0 spiro atoms. The summed E-state index contributed by atoms with van der Waals surface area (Å²) < 4.78 is 0. The van der Waals surface area contributed by atoms with Crippen molar-refractivity contribution in [3.63, 3.8) is 0 Å². The normalized spacial score (nSPS) is 23.6. The minimum Gasteiger partial charge on any atom is -0.314 e. The Morgan fingerprint density at radius 3 is 3.00 bits per heavy atom. The Labute approximate surface area is 118 Å². The molecular weight excluding hydrogens is 260 g/mol. The van der Waals surface area contributed by atoms with Gasteiger partial charge in [0.15, 0.2) is 0 Å². The summed E-state index contributed by atoms with van der Waals surface area (Å²) in [4.78, 5) is 12.1. The van der Waals surface area contributed by atoms with E-state index in [0.717, 1.165) is 30.8 Å². The number of hydrogen-bond donors (Lipinski definition) is 2. The van der Waals surface area contributed by atoms with Gasteiger partial charge in [-0.1, -0.05) is 25.2 Å². The molecule has 1 saturated heterocycles. The third-order valence-corrected chi connectivity index (χ3v) is 4.14. The molecule has 1 aliphatic rings. The van der Waals surface area contributed by atoms with Crippen LogP contribution in [0.1, 0.15) is 38.6 Å². The van der Waals surface area contributed by atoms with Crippen molar-refractivity contribution in [1.29, 1.82) is 0 Å². The third kappa shape index (κ3) is 4.24. The standard InChI is InChI=1S/C13H22N4OS/c1-8(2)6-11-16-17-13(19-11)15-12(18)10-4-5-14-9(3)7-10/h8-10,14H,4-7H2,1-3H3,(H,15,17,18). The van der Waals surface area contributed by atoms with Gasteiger partial charge in [-0.2, -0.15) is 0 Å². The van der Waals surface area contributed by atoms with Crippen molar-refractivity contribution >= 4 is 22.4 Å². The number of rotatable bonds is 4. The number of nitrogens with one attached hydrogen (secondary N) is 2. The van der Waals surface area contributed by atoms with Crippen molar-refractivity contribution in [2.24, 2.45) is 11.8 Å². The molecule has 6 heteroatoms. The number of piperidine rings is 1. The van der Waals surface area contributed by atoms with Gasteiger partial charge in [0.05, 0.1) is 0 Å². The fourth-order valence-electron chi connectivity index (χ4n) is 2.31. The predicted molar refractivity (Wildman–Crippen MR) is 77.3 cm³/mol. The van der Waals surface area contributed by atoms with E-state index in [1.165, 1.54) is 11.3 Å². The summed E-state index contributed by atoms with van der Waals surface area (Å²) in [6, 6.07) is 0.412. The zero-order chi connectivity index (χ0) is 13.8. The molecule has 2 heterocycles. The van der Waals surface area contributed by atoms with Crippen LogP contribution in [0.25, 0.3) is 0 Å². The van der Waals surface area contributed by atoms with Crippen LogP contribution in [0.4, 0.5) is 5.13 Å². The molecule has 1 aromatic heterocycles. The Balaban J connectivity index is 1.89. The monoisotopic (exact) mass is 282 g/mol. The second kappa shape index (κ2) is 6.43. The zero-order valence-corrected chi connectivity index (χ0v) is 12.6. The highest BCUT2D eigenvalue weighted by molar-refractivity contribution is 7.15. The van der Waals surface area contributed by atoms with Crippen LogP contribution in [-0.2, 0) is 11.2 Å². The van der Waals surface area contributed by atoms with Gasteiger partial charge in [0.25, 0.3) is 0 Å². The first-order valence-corrected chi connectivity index (χ1v) is 7.73. The maximum atomic E-state index is 12.1. The van der Waals surface area contributed by atoms with Crippen molar-refractivity contribution in [3.8, 4) is 0 Å². The average molecular weight is 282 g/mol. The molecule has 1 aliphatic heterocycles. The lowest BCUT2D eigenvalue weighted by Crippen LogP contribution is -2.40. The topological polar surface area (TPSA) is 66.9 Å². The van der Waals surface area contributed by atoms with Gasteiger partial charge in [-0.25, -0.2) is 0 Å². The molecule has 2 unspecified atom stereocenters. The third-order valence-electron chi connectivity index (χ3n) is 3.27. The van der Waals surface area contributed by atoms with Crippen molar-refractivity contribution in [1.82, 2.24) is 15.5 Å². The Morgan fingerprint density at radius 2 is 2.32 bits per heavy atom. The maximum Gasteiger partial charge on any atom is 0.229 e. The van der Waals surface area contributed by atoms with Gasteiger partial charge in [0, 0.05) is 18.4 Å². The highest BCUT2D eigenvalue weighted by atomic mass is 32.1.